The molecule has 4 aromatic heterocycles. The van der Waals surface area contributed by atoms with Crippen molar-refractivity contribution in [3.05, 3.63) is 157 Å². The summed E-state index contributed by atoms with van der Waals surface area (Å²) in [5.41, 5.74) is 8.83. The Morgan fingerprint density at radius 2 is 0.796 bits per heavy atom. The average molecular weight is 954 g/mol. The van der Waals surface area contributed by atoms with E-state index in [-0.39, 0.29) is 42.6 Å². The normalized spacial score (nSPS) is 12.4. The van der Waals surface area contributed by atoms with Crippen molar-refractivity contribution in [3.8, 4) is 33.9 Å². The van der Waals surface area contributed by atoms with E-state index in [2.05, 4.69) is 97.9 Å². The number of benzene rings is 2. The van der Waals surface area contributed by atoms with Gasteiger partial charge in [-0.15, -0.1) is 48.5 Å². The van der Waals surface area contributed by atoms with E-state index < -0.39 is 7.81 Å². The van der Waals surface area contributed by atoms with Gasteiger partial charge < -0.3 is 20.1 Å². The number of rotatable bonds is 3. The molecule has 0 bridgehead atoms. The summed E-state index contributed by atoms with van der Waals surface area (Å²) in [5.74, 6) is -0.528. The fourth-order valence-electron chi connectivity index (χ4n) is 4.45. The van der Waals surface area contributed by atoms with Gasteiger partial charge in [0.2, 0.25) is 0 Å². The van der Waals surface area contributed by atoms with Crippen molar-refractivity contribution in [2.75, 3.05) is 0 Å². The molecule has 0 radical (unpaired) electrons. The van der Waals surface area contributed by atoms with Gasteiger partial charge in [-0.3, -0.25) is 18.7 Å². The SMILES string of the molecule is CC(C)(C)c1cc[nH+]c(-c2cc(C(C)(C)C)cc[nH+]2)c1.F[P-](F)(F)(F)(F)F.Fc1c[c-]c(-c2cccc[nH+]2)cc1.Fc1c[c-]c(-c2cccc[nH+]2)cc1.[Ir-3]. The van der Waals surface area contributed by atoms with Crippen molar-refractivity contribution >= 4 is 7.81 Å². The molecule has 0 atom stereocenters. The number of hydrogen-bond acceptors (Lipinski definition) is 0. The fraction of sp³-hybridized carbons (Fsp3) is 0.200. The molecule has 2 aromatic carbocycles. The number of pyridine rings is 4. The van der Waals surface area contributed by atoms with Crippen LogP contribution in [0.4, 0.5) is 34.0 Å². The van der Waals surface area contributed by atoms with Gasteiger partial charge in [-0.05, 0) is 34.1 Å². The molecule has 14 heteroatoms. The topological polar surface area (TPSA) is 56.6 Å². The van der Waals surface area contributed by atoms with Crippen molar-refractivity contribution in [1.29, 1.82) is 0 Å². The van der Waals surface area contributed by atoms with Crippen LogP contribution in [0.3, 0.4) is 0 Å². The van der Waals surface area contributed by atoms with E-state index in [1.807, 2.05) is 61.2 Å². The van der Waals surface area contributed by atoms with Gasteiger partial charge in [-0.1, -0.05) is 64.8 Å². The molecule has 294 valence electrons. The smallest absolute Gasteiger partial charge is 0.158 e. The summed E-state index contributed by atoms with van der Waals surface area (Å²) in [6.45, 7) is 13.4. The number of H-pyrrole nitrogens is 4. The second kappa shape index (κ2) is 17.8. The Labute approximate surface area is 323 Å². The van der Waals surface area contributed by atoms with Crippen LogP contribution >= 0.6 is 7.81 Å². The second-order valence-corrected chi connectivity index (χ2v) is 15.8. The van der Waals surface area contributed by atoms with Gasteiger partial charge in [0.25, 0.3) is 11.4 Å². The minimum absolute atomic E-state index is 0. The first kappa shape index (κ1) is 45.7. The molecule has 54 heavy (non-hydrogen) atoms. The third kappa shape index (κ3) is 18.1. The molecular formula is C40H42F8IrN4P-2. The van der Waals surface area contributed by atoms with E-state index in [4.69, 9.17) is 0 Å². The molecule has 4 nitrogen and oxygen atoms in total. The predicted molar refractivity (Wildman–Crippen MR) is 190 cm³/mol. The van der Waals surface area contributed by atoms with Crippen LogP contribution in [0, 0.1) is 23.8 Å². The van der Waals surface area contributed by atoms with Crippen molar-refractivity contribution in [2.24, 2.45) is 0 Å². The van der Waals surface area contributed by atoms with Gasteiger partial charge in [0, 0.05) is 48.0 Å². The summed E-state index contributed by atoms with van der Waals surface area (Å²) in [4.78, 5) is 12.8. The Bertz CT molecular complexity index is 1890. The Morgan fingerprint density at radius 1 is 0.463 bits per heavy atom. The van der Waals surface area contributed by atoms with Crippen molar-refractivity contribution in [1.82, 2.24) is 0 Å². The van der Waals surface area contributed by atoms with Crippen LogP contribution in [-0.2, 0) is 30.9 Å². The summed E-state index contributed by atoms with van der Waals surface area (Å²) in [6.07, 6.45) is 7.69. The van der Waals surface area contributed by atoms with Gasteiger partial charge >= 0.3 is 33.0 Å². The average Bonchev–Trinajstić information content (AvgIpc) is 3.08. The molecule has 4 N–H and O–H groups in total. The van der Waals surface area contributed by atoms with Crippen LogP contribution in [0.1, 0.15) is 52.7 Å². The molecule has 0 saturated heterocycles. The van der Waals surface area contributed by atoms with E-state index in [0.29, 0.717) is 0 Å². The van der Waals surface area contributed by atoms with Crippen molar-refractivity contribution in [2.45, 2.75) is 52.4 Å². The molecule has 0 fully saturated rings. The van der Waals surface area contributed by atoms with Crippen LogP contribution in [0.2, 0.25) is 0 Å². The van der Waals surface area contributed by atoms with Gasteiger partial charge in [-0.25, -0.2) is 9.97 Å². The van der Waals surface area contributed by atoms with Crippen LogP contribution in [0.5, 0.6) is 0 Å². The largest absolute Gasteiger partial charge is 3.00 e. The molecule has 4 heterocycles. The molecule has 0 saturated carbocycles. The van der Waals surface area contributed by atoms with Gasteiger partial charge in [-0.2, -0.15) is 0 Å². The van der Waals surface area contributed by atoms with Gasteiger partial charge in [0.1, 0.15) is 11.4 Å². The summed E-state index contributed by atoms with van der Waals surface area (Å²) in [6, 6.07) is 34.8. The zero-order chi connectivity index (χ0) is 39.6. The quantitative estimate of drug-likeness (QED) is 0.0964. The third-order valence-electron chi connectivity index (χ3n) is 7.17. The minimum atomic E-state index is -10.7. The van der Waals surface area contributed by atoms with Crippen molar-refractivity contribution in [3.63, 3.8) is 0 Å². The van der Waals surface area contributed by atoms with E-state index in [9.17, 15) is 34.0 Å². The van der Waals surface area contributed by atoms with Gasteiger partial charge in [0.15, 0.2) is 24.8 Å². The minimum Gasteiger partial charge on any atom is -3.00 e. The molecule has 0 aliphatic carbocycles. The number of hydrogen-bond donors (Lipinski definition) is 0. The maximum atomic E-state index is 12.6. The Morgan fingerprint density at radius 3 is 1.06 bits per heavy atom. The van der Waals surface area contributed by atoms with Crippen LogP contribution in [0.25, 0.3) is 33.9 Å². The first-order chi connectivity index (χ1) is 24.3. The molecule has 6 rings (SSSR count). The molecule has 6 aromatic rings. The molecule has 0 spiro atoms. The zero-order valence-corrected chi connectivity index (χ0v) is 33.6. The Balaban J connectivity index is 0.000000262. The molecule has 0 aliphatic heterocycles. The fourth-order valence-corrected chi connectivity index (χ4v) is 4.45. The first-order valence-corrected chi connectivity index (χ1v) is 18.3. The summed E-state index contributed by atoms with van der Waals surface area (Å²) < 4.78 is 84.3. The first-order valence-electron chi connectivity index (χ1n) is 16.2. The number of halogens is 8. The molecule has 0 unspecified atom stereocenters. The zero-order valence-electron chi connectivity index (χ0n) is 30.4. The van der Waals surface area contributed by atoms with Crippen LogP contribution in [0.15, 0.2) is 122 Å². The Hall–Kier alpha value is -4.44. The van der Waals surface area contributed by atoms with Crippen molar-refractivity contribution < 1.29 is 74.0 Å². The number of aromatic nitrogens is 4. The number of nitrogens with one attached hydrogen (secondary N) is 4. The van der Waals surface area contributed by atoms with Crippen LogP contribution in [-0.4, -0.2) is 0 Å². The second-order valence-electron chi connectivity index (χ2n) is 13.8. The summed E-state index contributed by atoms with van der Waals surface area (Å²) in [7, 11) is -10.7. The van der Waals surface area contributed by atoms with Gasteiger partial charge in [0.05, 0.1) is 0 Å². The molecule has 0 aliphatic rings. The standard InChI is InChI=1S/C18H24N2.2C11H7FN.F6P.Ir/c1-17(2,3)13-7-9-19-15(11-13)16-12-14(8-10-20-16)18(4,5)6;2*12-10-6-4-9(5-7-10)11-3-1-2-8-13-11;1-7(2,3,4,5)6;/h7-12H,1-6H3;2*1-4,6-8H;;/q;3*-1;-3/p+4. The van der Waals surface area contributed by atoms with Crippen LogP contribution < -0.4 is 19.9 Å². The van der Waals surface area contributed by atoms with E-state index in [0.717, 1.165) is 33.9 Å². The number of aromatic amines is 4. The summed E-state index contributed by atoms with van der Waals surface area (Å²) in [5, 5.41) is 0. The van der Waals surface area contributed by atoms with E-state index >= 15 is 0 Å². The maximum absolute atomic E-state index is 12.6. The molecule has 0 amide bonds. The predicted octanol–water partition coefficient (Wildman–Crippen LogP) is 11.2. The third-order valence-corrected chi connectivity index (χ3v) is 7.17. The Kier molecular flexibility index (Phi) is 15.1. The molecular weight excluding hydrogens is 912 g/mol. The maximum Gasteiger partial charge on any atom is 0.158 e. The monoisotopic (exact) mass is 954 g/mol. The summed E-state index contributed by atoms with van der Waals surface area (Å²) >= 11 is 0. The van der Waals surface area contributed by atoms with E-state index in [1.165, 1.54) is 35.4 Å². The van der Waals surface area contributed by atoms with E-state index in [1.54, 1.807) is 12.1 Å².